The molecule has 27 heavy (non-hydrogen) atoms. The van der Waals surface area contributed by atoms with Gasteiger partial charge in [-0.15, -0.1) is 0 Å². The molecule has 0 unspecified atom stereocenters. The fraction of sp³-hybridized carbons (Fsp3) is 0.900. The summed E-state index contributed by atoms with van der Waals surface area (Å²) in [7, 11) is 0. The molecule has 0 bridgehead atoms. The summed E-state index contributed by atoms with van der Waals surface area (Å²) in [6.07, 6.45) is 0.931. The van der Waals surface area contributed by atoms with Crippen LogP contribution in [-0.4, -0.2) is 54.1 Å². The van der Waals surface area contributed by atoms with Gasteiger partial charge in [0, 0.05) is 19.1 Å². The van der Waals surface area contributed by atoms with E-state index in [1.807, 2.05) is 13.8 Å². The summed E-state index contributed by atoms with van der Waals surface area (Å²) in [5.74, 6) is -0.283. The summed E-state index contributed by atoms with van der Waals surface area (Å²) in [6.45, 7) is 12.5. The first-order chi connectivity index (χ1) is 12.5. The molecular weight excluding hydrogens is 348 g/mol. The van der Waals surface area contributed by atoms with Crippen LogP contribution in [-0.2, 0) is 14.3 Å². The van der Waals surface area contributed by atoms with Crippen LogP contribution in [0.4, 0.5) is 4.79 Å². The lowest BCUT2D eigenvalue weighted by atomic mass is 9.86. The molecule has 0 saturated carbocycles. The maximum absolute atomic E-state index is 12.4. The van der Waals surface area contributed by atoms with Crippen molar-refractivity contribution in [3.63, 3.8) is 0 Å². The Hall–Kier alpha value is -1.34. The molecule has 7 heteroatoms. The Morgan fingerprint density at radius 3 is 2.52 bits per heavy atom. The fourth-order valence-corrected chi connectivity index (χ4v) is 3.26. The van der Waals surface area contributed by atoms with Gasteiger partial charge < -0.3 is 25.2 Å². The zero-order valence-electron chi connectivity index (χ0n) is 17.7. The highest BCUT2D eigenvalue weighted by atomic mass is 16.6. The summed E-state index contributed by atoms with van der Waals surface area (Å²) < 4.78 is 10.9. The Bertz CT molecular complexity index is 475. The van der Waals surface area contributed by atoms with Crippen LogP contribution in [0.2, 0.25) is 0 Å². The van der Waals surface area contributed by atoms with E-state index in [0.29, 0.717) is 26.0 Å². The largest absolute Gasteiger partial charge is 0.444 e. The third-order valence-electron chi connectivity index (χ3n) is 4.50. The van der Waals surface area contributed by atoms with Crippen molar-refractivity contribution in [3.8, 4) is 0 Å². The predicted octanol–water partition coefficient (Wildman–Crippen LogP) is 2.61. The summed E-state index contributed by atoms with van der Waals surface area (Å²) >= 11 is 0. The zero-order valence-corrected chi connectivity index (χ0v) is 17.7. The van der Waals surface area contributed by atoms with Crippen molar-refractivity contribution in [1.29, 1.82) is 0 Å². The quantitative estimate of drug-likeness (QED) is 0.529. The average molecular weight is 387 g/mol. The molecule has 1 rings (SSSR count). The predicted molar refractivity (Wildman–Crippen MR) is 104 cm³/mol. The third-order valence-corrected chi connectivity index (χ3v) is 4.50. The van der Waals surface area contributed by atoms with Gasteiger partial charge in [-0.2, -0.15) is 0 Å². The van der Waals surface area contributed by atoms with Crippen molar-refractivity contribution in [2.75, 3.05) is 13.2 Å². The van der Waals surface area contributed by atoms with Crippen LogP contribution in [0.5, 0.6) is 0 Å². The number of carbonyl (C=O) groups excluding carboxylic acids is 2. The second kappa shape index (κ2) is 10.9. The number of alkyl carbamates (subject to hydrolysis) is 1. The van der Waals surface area contributed by atoms with Crippen molar-refractivity contribution >= 4 is 12.0 Å². The molecule has 1 saturated heterocycles. The number of hydrogen-bond donors (Lipinski definition) is 3. The van der Waals surface area contributed by atoms with Crippen LogP contribution >= 0.6 is 0 Å². The molecule has 0 aromatic carbocycles. The van der Waals surface area contributed by atoms with Gasteiger partial charge in [-0.1, -0.05) is 27.2 Å². The summed E-state index contributed by atoms with van der Waals surface area (Å²) in [5, 5.41) is 16.6. The number of aliphatic hydroxyl groups is 1. The first kappa shape index (κ1) is 23.7. The van der Waals surface area contributed by atoms with E-state index < -0.39 is 29.9 Å². The molecule has 158 valence electrons. The van der Waals surface area contributed by atoms with Crippen molar-refractivity contribution < 1.29 is 24.2 Å². The summed E-state index contributed by atoms with van der Waals surface area (Å²) in [4.78, 5) is 24.6. The lowest BCUT2D eigenvalue weighted by molar-refractivity contribution is -0.134. The molecule has 0 spiro atoms. The fourth-order valence-electron chi connectivity index (χ4n) is 3.26. The smallest absolute Gasteiger partial charge is 0.407 e. The number of unbranched alkanes of at least 4 members (excludes halogenated alkanes) is 1. The Morgan fingerprint density at radius 1 is 1.30 bits per heavy atom. The normalized spacial score (nSPS) is 22.4. The second-order valence-corrected chi connectivity index (χ2v) is 8.76. The molecule has 2 amide bonds. The van der Waals surface area contributed by atoms with Crippen LogP contribution < -0.4 is 10.6 Å². The van der Waals surface area contributed by atoms with Crippen LogP contribution in [0, 0.1) is 11.8 Å². The second-order valence-electron chi connectivity index (χ2n) is 8.76. The maximum Gasteiger partial charge on any atom is 0.407 e. The van der Waals surface area contributed by atoms with E-state index in [1.54, 1.807) is 20.8 Å². The lowest BCUT2D eigenvalue weighted by Crippen LogP contribution is -2.52. The summed E-state index contributed by atoms with van der Waals surface area (Å²) in [6, 6.07) is -0.502. The molecule has 0 aromatic heterocycles. The molecule has 1 aliphatic rings. The minimum atomic E-state index is -0.885. The van der Waals surface area contributed by atoms with Crippen LogP contribution in [0.25, 0.3) is 0 Å². The van der Waals surface area contributed by atoms with E-state index in [1.165, 1.54) is 0 Å². The molecule has 0 aliphatic carbocycles. The average Bonchev–Trinajstić information content (AvgIpc) is 3.01. The molecule has 1 fully saturated rings. The minimum absolute atomic E-state index is 0.189. The van der Waals surface area contributed by atoms with E-state index in [4.69, 9.17) is 9.47 Å². The number of amides is 2. The van der Waals surface area contributed by atoms with E-state index in [0.717, 1.165) is 12.8 Å². The topological polar surface area (TPSA) is 96.9 Å². The molecule has 0 aromatic rings. The number of ether oxygens (including phenoxy) is 2. The van der Waals surface area contributed by atoms with Gasteiger partial charge in [0.2, 0.25) is 5.91 Å². The van der Waals surface area contributed by atoms with Gasteiger partial charge in [0.25, 0.3) is 0 Å². The van der Waals surface area contributed by atoms with Crippen molar-refractivity contribution in [2.24, 2.45) is 11.8 Å². The highest BCUT2D eigenvalue weighted by Crippen LogP contribution is 2.28. The van der Waals surface area contributed by atoms with Crippen molar-refractivity contribution in [2.45, 2.75) is 91.1 Å². The maximum atomic E-state index is 12.4. The minimum Gasteiger partial charge on any atom is -0.444 e. The highest BCUT2D eigenvalue weighted by molar-refractivity contribution is 5.81. The number of aliphatic hydroxyl groups excluding tert-OH is 1. The van der Waals surface area contributed by atoms with Crippen molar-refractivity contribution in [3.05, 3.63) is 0 Å². The molecule has 7 nitrogen and oxygen atoms in total. The number of hydrogen-bond acceptors (Lipinski definition) is 5. The van der Waals surface area contributed by atoms with E-state index in [-0.39, 0.29) is 17.7 Å². The van der Waals surface area contributed by atoms with Gasteiger partial charge in [-0.3, -0.25) is 4.79 Å². The third kappa shape index (κ3) is 8.47. The van der Waals surface area contributed by atoms with E-state index in [2.05, 4.69) is 17.6 Å². The molecular formula is C20H38N2O5. The molecule has 3 N–H and O–H groups in total. The van der Waals surface area contributed by atoms with Gasteiger partial charge in [0.1, 0.15) is 11.7 Å². The highest BCUT2D eigenvalue weighted by Gasteiger charge is 2.42. The first-order valence-corrected chi connectivity index (χ1v) is 10.1. The first-order valence-electron chi connectivity index (χ1n) is 10.1. The van der Waals surface area contributed by atoms with Crippen molar-refractivity contribution in [1.82, 2.24) is 10.6 Å². The molecule has 1 heterocycles. The van der Waals surface area contributed by atoms with Gasteiger partial charge in [-0.05, 0) is 46.0 Å². The Morgan fingerprint density at radius 2 is 1.96 bits per heavy atom. The van der Waals surface area contributed by atoms with Crippen LogP contribution in [0.1, 0.15) is 67.2 Å². The zero-order chi connectivity index (χ0) is 20.6. The van der Waals surface area contributed by atoms with Gasteiger partial charge >= 0.3 is 6.09 Å². The van der Waals surface area contributed by atoms with E-state index in [9.17, 15) is 14.7 Å². The monoisotopic (exact) mass is 386 g/mol. The van der Waals surface area contributed by atoms with Gasteiger partial charge in [0.15, 0.2) is 0 Å². The lowest BCUT2D eigenvalue weighted by Gasteiger charge is -2.32. The van der Waals surface area contributed by atoms with Crippen LogP contribution in [0.15, 0.2) is 0 Å². The Kier molecular flexibility index (Phi) is 9.53. The summed E-state index contributed by atoms with van der Waals surface area (Å²) in [5.41, 5.74) is -0.615. The number of carbonyl (C=O) groups is 2. The Labute approximate surface area is 163 Å². The van der Waals surface area contributed by atoms with E-state index >= 15 is 0 Å². The standard InChI is InChI=1S/C20H38N2O5/c1-7-8-10-21-18(24)17-14(9-11-26-17)16(23)15(12-13(2)3)22-19(25)27-20(4,5)6/h13-17,23H,7-12H2,1-6H3,(H,21,24)(H,22,25)/t14-,15-,16-,17+/m0/s1. The number of rotatable bonds is 9. The molecule has 0 radical (unpaired) electrons. The Balaban J connectivity index is 2.78. The SMILES string of the molecule is CCCCNC(=O)[C@@H]1OCC[C@H]1[C@H](O)[C@H](CC(C)C)NC(=O)OC(C)(C)C. The van der Waals surface area contributed by atoms with Gasteiger partial charge in [-0.25, -0.2) is 4.79 Å². The molecule has 1 aliphatic heterocycles. The number of nitrogens with one attached hydrogen (secondary N) is 2. The molecule has 4 atom stereocenters. The van der Waals surface area contributed by atoms with Gasteiger partial charge in [0.05, 0.1) is 12.1 Å². The van der Waals surface area contributed by atoms with Crippen LogP contribution in [0.3, 0.4) is 0 Å².